The fraction of sp³-hybridized carbons (Fsp3) is 0.400. The zero-order valence-electron chi connectivity index (χ0n) is 11.5. The number of para-hydroxylation sites is 1. The molecule has 0 radical (unpaired) electrons. The topological polar surface area (TPSA) is 55.2 Å². The molecule has 2 aromatic rings. The summed E-state index contributed by atoms with van der Waals surface area (Å²) in [6.07, 6.45) is 3.25. The Morgan fingerprint density at radius 2 is 1.80 bits per heavy atom. The fourth-order valence-corrected chi connectivity index (χ4v) is 2.71. The number of aromatic nitrogens is 2. The lowest BCUT2D eigenvalue weighted by Gasteiger charge is -2.25. The van der Waals surface area contributed by atoms with Gasteiger partial charge in [-0.1, -0.05) is 18.2 Å². The number of fused-ring (bicyclic) bond motifs is 1. The van der Waals surface area contributed by atoms with Gasteiger partial charge in [-0.15, -0.1) is 0 Å². The standard InChI is InChI=1S/C15H17N3O2/c1-11(19)18-13-8-4-3-7-12(13)14(16-18)15(20)17-9-5-2-6-10-17/h3-4,7-8H,2,5-6,9-10H2,1H3. The van der Waals surface area contributed by atoms with E-state index in [1.165, 1.54) is 18.0 Å². The van der Waals surface area contributed by atoms with E-state index in [-0.39, 0.29) is 11.8 Å². The number of amides is 1. The van der Waals surface area contributed by atoms with Gasteiger partial charge >= 0.3 is 0 Å². The van der Waals surface area contributed by atoms with Gasteiger partial charge in [0.05, 0.1) is 5.52 Å². The number of likely N-dealkylation sites (tertiary alicyclic amines) is 1. The van der Waals surface area contributed by atoms with Crippen molar-refractivity contribution in [3.8, 4) is 0 Å². The van der Waals surface area contributed by atoms with Crippen molar-refractivity contribution in [2.24, 2.45) is 0 Å². The van der Waals surface area contributed by atoms with Crippen molar-refractivity contribution in [3.05, 3.63) is 30.0 Å². The molecule has 0 aliphatic carbocycles. The first-order chi connectivity index (χ1) is 9.68. The van der Waals surface area contributed by atoms with E-state index < -0.39 is 0 Å². The molecule has 0 saturated carbocycles. The molecule has 1 aliphatic heterocycles. The van der Waals surface area contributed by atoms with E-state index >= 15 is 0 Å². The maximum atomic E-state index is 12.6. The van der Waals surface area contributed by atoms with Crippen molar-refractivity contribution in [2.45, 2.75) is 26.2 Å². The highest BCUT2D eigenvalue weighted by Crippen LogP contribution is 2.21. The molecule has 1 fully saturated rings. The van der Waals surface area contributed by atoms with Crippen LogP contribution >= 0.6 is 0 Å². The maximum absolute atomic E-state index is 12.6. The molecule has 0 atom stereocenters. The van der Waals surface area contributed by atoms with Gasteiger partial charge in [0.15, 0.2) is 5.69 Å². The van der Waals surface area contributed by atoms with E-state index in [0.29, 0.717) is 11.2 Å². The first kappa shape index (κ1) is 12.8. The van der Waals surface area contributed by atoms with E-state index in [4.69, 9.17) is 0 Å². The van der Waals surface area contributed by atoms with Crippen LogP contribution in [0.3, 0.4) is 0 Å². The Morgan fingerprint density at radius 3 is 2.50 bits per heavy atom. The lowest BCUT2D eigenvalue weighted by molar-refractivity contribution is 0.0719. The van der Waals surface area contributed by atoms with Crippen LogP contribution in [0, 0.1) is 0 Å². The Morgan fingerprint density at radius 1 is 1.10 bits per heavy atom. The van der Waals surface area contributed by atoms with Crippen molar-refractivity contribution in [1.29, 1.82) is 0 Å². The monoisotopic (exact) mass is 271 g/mol. The van der Waals surface area contributed by atoms with Crippen molar-refractivity contribution in [2.75, 3.05) is 13.1 Å². The van der Waals surface area contributed by atoms with Crippen molar-refractivity contribution >= 4 is 22.7 Å². The summed E-state index contributed by atoms with van der Waals surface area (Å²) in [6.45, 7) is 3.01. The minimum Gasteiger partial charge on any atom is -0.337 e. The zero-order chi connectivity index (χ0) is 14.1. The highest BCUT2D eigenvalue weighted by molar-refractivity contribution is 6.06. The zero-order valence-corrected chi connectivity index (χ0v) is 11.5. The van der Waals surface area contributed by atoms with E-state index in [0.717, 1.165) is 31.3 Å². The Labute approximate surface area is 117 Å². The van der Waals surface area contributed by atoms with Gasteiger partial charge in [0.2, 0.25) is 5.91 Å². The summed E-state index contributed by atoms with van der Waals surface area (Å²) < 4.78 is 1.31. The van der Waals surface area contributed by atoms with Gasteiger partial charge in [-0.2, -0.15) is 9.78 Å². The quantitative estimate of drug-likeness (QED) is 0.799. The second-order valence-electron chi connectivity index (χ2n) is 5.15. The van der Waals surface area contributed by atoms with Gasteiger partial charge in [0.1, 0.15) is 0 Å². The van der Waals surface area contributed by atoms with Crippen LogP contribution in [-0.2, 0) is 0 Å². The van der Waals surface area contributed by atoms with Crippen LogP contribution in [0.15, 0.2) is 24.3 Å². The van der Waals surface area contributed by atoms with Crippen LogP contribution < -0.4 is 0 Å². The largest absolute Gasteiger partial charge is 0.337 e. The minimum absolute atomic E-state index is 0.0686. The van der Waals surface area contributed by atoms with Gasteiger partial charge in [-0.05, 0) is 25.3 Å². The molecule has 3 rings (SSSR count). The minimum atomic E-state index is -0.182. The summed E-state index contributed by atoms with van der Waals surface area (Å²) in [6, 6.07) is 7.37. The molecule has 1 aliphatic rings. The van der Waals surface area contributed by atoms with E-state index in [9.17, 15) is 9.59 Å². The normalized spacial score (nSPS) is 15.6. The second kappa shape index (κ2) is 5.07. The number of rotatable bonds is 1. The molecule has 0 N–H and O–H groups in total. The number of nitrogens with zero attached hydrogens (tertiary/aromatic N) is 3. The van der Waals surface area contributed by atoms with Crippen LogP contribution in [0.2, 0.25) is 0 Å². The van der Waals surface area contributed by atoms with Gasteiger partial charge in [0, 0.05) is 25.4 Å². The van der Waals surface area contributed by atoms with Crippen LogP contribution in [0.4, 0.5) is 0 Å². The number of benzene rings is 1. The lowest BCUT2D eigenvalue weighted by Crippen LogP contribution is -2.36. The molecule has 0 spiro atoms. The van der Waals surface area contributed by atoms with Gasteiger partial charge in [-0.25, -0.2) is 0 Å². The molecule has 5 nitrogen and oxygen atoms in total. The summed E-state index contributed by atoms with van der Waals surface area (Å²) in [5.41, 5.74) is 1.08. The fourth-order valence-electron chi connectivity index (χ4n) is 2.71. The number of carbonyl (C=O) groups is 2. The highest BCUT2D eigenvalue weighted by Gasteiger charge is 2.24. The first-order valence-corrected chi connectivity index (χ1v) is 6.96. The Bertz CT molecular complexity index is 669. The molecule has 1 amide bonds. The predicted octanol–water partition coefficient (Wildman–Crippen LogP) is 2.32. The average molecular weight is 271 g/mol. The van der Waals surface area contributed by atoms with Crippen molar-refractivity contribution < 1.29 is 9.59 Å². The summed E-state index contributed by atoms with van der Waals surface area (Å²) in [5, 5.41) is 4.99. The van der Waals surface area contributed by atoms with Crippen LogP contribution in [-0.4, -0.2) is 39.6 Å². The third kappa shape index (κ3) is 2.09. The lowest BCUT2D eigenvalue weighted by atomic mass is 10.1. The molecule has 1 saturated heterocycles. The molecule has 2 heterocycles. The van der Waals surface area contributed by atoms with Crippen LogP contribution in [0.5, 0.6) is 0 Å². The molecule has 0 bridgehead atoms. The smallest absolute Gasteiger partial charge is 0.275 e. The first-order valence-electron chi connectivity index (χ1n) is 6.96. The third-order valence-electron chi connectivity index (χ3n) is 3.73. The molecular weight excluding hydrogens is 254 g/mol. The second-order valence-corrected chi connectivity index (χ2v) is 5.15. The van der Waals surface area contributed by atoms with Crippen molar-refractivity contribution in [3.63, 3.8) is 0 Å². The molecule has 20 heavy (non-hydrogen) atoms. The van der Waals surface area contributed by atoms with Crippen LogP contribution in [0.25, 0.3) is 10.9 Å². The van der Waals surface area contributed by atoms with Gasteiger partial charge in [0.25, 0.3) is 5.91 Å². The summed E-state index contributed by atoms with van der Waals surface area (Å²) in [5.74, 6) is -0.250. The summed E-state index contributed by atoms with van der Waals surface area (Å²) in [4.78, 5) is 26.1. The molecular formula is C15H17N3O2. The van der Waals surface area contributed by atoms with E-state index in [1.54, 1.807) is 0 Å². The summed E-state index contributed by atoms with van der Waals surface area (Å²) >= 11 is 0. The Balaban J connectivity index is 2.06. The molecule has 104 valence electrons. The van der Waals surface area contributed by atoms with Gasteiger partial charge < -0.3 is 4.90 Å². The maximum Gasteiger partial charge on any atom is 0.275 e. The number of hydrogen-bond acceptors (Lipinski definition) is 3. The van der Waals surface area contributed by atoms with Crippen LogP contribution in [0.1, 0.15) is 41.5 Å². The third-order valence-corrected chi connectivity index (χ3v) is 3.73. The summed E-state index contributed by atoms with van der Waals surface area (Å²) in [7, 11) is 0. The predicted molar refractivity (Wildman–Crippen MR) is 75.8 cm³/mol. The number of carbonyl (C=O) groups excluding carboxylic acids is 2. The Hall–Kier alpha value is -2.17. The average Bonchev–Trinajstić information content (AvgIpc) is 2.87. The molecule has 0 unspecified atom stereocenters. The van der Waals surface area contributed by atoms with Gasteiger partial charge in [-0.3, -0.25) is 9.59 Å². The van der Waals surface area contributed by atoms with Crippen molar-refractivity contribution in [1.82, 2.24) is 14.7 Å². The Kier molecular flexibility index (Phi) is 3.26. The molecule has 1 aromatic carbocycles. The van der Waals surface area contributed by atoms with E-state index in [2.05, 4.69) is 5.10 Å². The molecule has 1 aromatic heterocycles. The number of hydrogen-bond donors (Lipinski definition) is 0. The molecule has 5 heteroatoms. The highest BCUT2D eigenvalue weighted by atomic mass is 16.2. The van der Waals surface area contributed by atoms with E-state index in [1.807, 2.05) is 29.2 Å². The SMILES string of the molecule is CC(=O)n1nc(C(=O)N2CCCCC2)c2ccccc21. The number of piperidine rings is 1.